The molecule has 0 spiro atoms. The Bertz CT molecular complexity index is 480. The minimum Gasteiger partial charge on any atom is -0.444 e. The van der Waals surface area contributed by atoms with Crippen molar-refractivity contribution in [2.75, 3.05) is 13.1 Å². The molecule has 5 heteroatoms. The van der Waals surface area contributed by atoms with Crippen LogP contribution < -0.4 is 0 Å². The Morgan fingerprint density at radius 3 is 2.70 bits per heavy atom. The van der Waals surface area contributed by atoms with Gasteiger partial charge in [0, 0.05) is 30.3 Å². The number of ether oxygens (including phenoxy) is 1. The first-order valence-electron chi connectivity index (χ1n) is 7.04. The largest absolute Gasteiger partial charge is 0.444 e. The van der Waals surface area contributed by atoms with Crippen LogP contribution in [0.1, 0.15) is 50.8 Å². The van der Waals surface area contributed by atoms with E-state index < -0.39 is 5.60 Å². The average molecular weight is 277 g/mol. The Balaban J connectivity index is 1.93. The van der Waals surface area contributed by atoms with Crippen molar-refractivity contribution in [1.29, 1.82) is 0 Å². The van der Waals surface area contributed by atoms with E-state index in [2.05, 4.69) is 16.8 Å². The van der Waals surface area contributed by atoms with E-state index in [0.29, 0.717) is 5.92 Å². The molecule has 1 aliphatic heterocycles. The summed E-state index contributed by atoms with van der Waals surface area (Å²) in [5, 5.41) is 7.12. The molecule has 1 aromatic heterocycles. The van der Waals surface area contributed by atoms with Crippen LogP contribution in [0.2, 0.25) is 0 Å². The molecule has 2 rings (SSSR count). The lowest BCUT2D eigenvalue weighted by atomic mass is 9.91. The third kappa shape index (κ3) is 3.40. The second-order valence-corrected chi connectivity index (χ2v) is 6.18. The molecule has 110 valence electrons. The van der Waals surface area contributed by atoms with Crippen molar-refractivity contribution in [3.8, 4) is 0 Å². The third-order valence-electron chi connectivity index (χ3n) is 3.47. The van der Waals surface area contributed by atoms with Crippen molar-refractivity contribution < 1.29 is 9.53 Å². The molecule has 20 heavy (non-hydrogen) atoms. The van der Waals surface area contributed by atoms with Gasteiger partial charge in [-0.15, -0.1) is 0 Å². The molecule has 1 aromatic rings. The minimum absolute atomic E-state index is 0.218. The van der Waals surface area contributed by atoms with E-state index in [1.54, 1.807) is 11.1 Å². The number of hydrogen-bond acceptors (Lipinski definition) is 3. The van der Waals surface area contributed by atoms with Crippen LogP contribution in [0.15, 0.2) is 12.8 Å². The summed E-state index contributed by atoms with van der Waals surface area (Å²) in [7, 11) is 0. The fourth-order valence-corrected chi connectivity index (χ4v) is 2.47. The van der Waals surface area contributed by atoms with Crippen molar-refractivity contribution >= 4 is 12.2 Å². The summed E-state index contributed by atoms with van der Waals surface area (Å²) in [5.74, 6) is 0.407. The van der Waals surface area contributed by atoms with Crippen LogP contribution in [0.5, 0.6) is 0 Å². The van der Waals surface area contributed by atoms with Crippen molar-refractivity contribution in [2.45, 2.75) is 45.1 Å². The number of nitrogens with one attached hydrogen (secondary N) is 1. The van der Waals surface area contributed by atoms with E-state index >= 15 is 0 Å². The maximum Gasteiger partial charge on any atom is 0.410 e. The molecule has 0 radical (unpaired) electrons. The predicted octanol–water partition coefficient (Wildman–Crippen LogP) is 3.17. The number of amides is 1. The van der Waals surface area contributed by atoms with Crippen LogP contribution in [-0.4, -0.2) is 39.9 Å². The van der Waals surface area contributed by atoms with Crippen molar-refractivity contribution in [3.05, 3.63) is 24.0 Å². The second kappa shape index (κ2) is 5.69. The normalized spacial score (nSPS) is 17.1. The standard InChI is InChI=1S/C15H23N3O2/c1-5-11-10-16-17-13(11)12-6-8-18(9-7-12)14(19)20-15(2,3)4/h5,10,12H,1,6-9H2,2-4H3,(H,16,17). The molecule has 1 saturated heterocycles. The summed E-state index contributed by atoms with van der Waals surface area (Å²) in [6.45, 7) is 10.9. The number of H-pyrrole nitrogens is 1. The van der Waals surface area contributed by atoms with Gasteiger partial charge in [-0.25, -0.2) is 4.79 Å². The van der Waals surface area contributed by atoms with E-state index in [-0.39, 0.29) is 6.09 Å². The number of hydrogen-bond donors (Lipinski definition) is 1. The monoisotopic (exact) mass is 277 g/mol. The molecule has 0 saturated carbocycles. The molecule has 2 heterocycles. The van der Waals surface area contributed by atoms with Crippen LogP contribution in [0.4, 0.5) is 4.79 Å². The highest BCUT2D eigenvalue weighted by Crippen LogP contribution is 2.29. The zero-order valence-corrected chi connectivity index (χ0v) is 12.5. The van der Waals surface area contributed by atoms with Gasteiger partial charge in [0.15, 0.2) is 0 Å². The summed E-state index contributed by atoms with van der Waals surface area (Å²) < 4.78 is 5.40. The Kier molecular flexibility index (Phi) is 4.16. The topological polar surface area (TPSA) is 58.2 Å². The van der Waals surface area contributed by atoms with Gasteiger partial charge in [-0.05, 0) is 33.6 Å². The van der Waals surface area contributed by atoms with E-state index in [0.717, 1.165) is 37.2 Å². The number of aromatic amines is 1. The molecule has 1 fully saturated rings. The molecule has 1 amide bonds. The quantitative estimate of drug-likeness (QED) is 0.903. The number of rotatable bonds is 2. The fraction of sp³-hybridized carbons (Fsp3) is 0.600. The summed E-state index contributed by atoms with van der Waals surface area (Å²) in [6.07, 6.45) is 5.23. The number of carbonyl (C=O) groups is 1. The third-order valence-corrected chi connectivity index (χ3v) is 3.47. The molecule has 0 atom stereocenters. The summed E-state index contributed by atoms with van der Waals surface area (Å²) in [5.41, 5.74) is 1.75. The molecule has 0 bridgehead atoms. The number of nitrogens with zero attached hydrogens (tertiary/aromatic N) is 2. The first-order valence-corrected chi connectivity index (χ1v) is 7.04. The maximum absolute atomic E-state index is 12.0. The SMILES string of the molecule is C=Cc1cn[nH]c1C1CCN(C(=O)OC(C)(C)C)CC1. The molecule has 1 aliphatic rings. The number of aromatic nitrogens is 2. The Morgan fingerprint density at radius 1 is 1.50 bits per heavy atom. The molecule has 5 nitrogen and oxygen atoms in total. The second-order valence-electron chi connectivity index (χ2n) is 6.18. The van der Waals surface area contributed by atoms with Gasteiger partial charge in [0.25, 0.3) is 0 Å². The van der Waals surface area contributed by atoms with Gasteiger partial charge in [0.1, 0.15) is 5.60 Å². The molecule has 0 unspecified atom stereocenters. The molecule has 0 aromatic carbocycles. The van der Waals surface area contributed by atoms with E-state index in [1.807, 2.05) is 26.8 Å². The van der Waals surface area contributed by atoms with Gasteiger partial charge in [-0.3, -0.25) is 5.10 Å². The van der Waals surface area contributed by atoms with Crippen LogP contribution in [0.25, 0.3) is 6.08 Å². The van der Waals surface area contributed by atoms with Crippen molar-refractivity contribution in [1.82, 2.24) is 15.1 Å². The van der Waals surface area contributed by atoms with Crippen LogP contribution in [-0.2, 0) is 4.74 Å². The molecule has 1 N–H and O–H groups in total. The summed E-state index contributed by atoms with van der Waals surface area (Å²) in [4.78, 5) is 13.8. The van der Waals surface area contributed by atoms with E-state index in [9.17, 15) is 4.79 Å². The molecule has 0 aliphatic carbocycles. The Hall–Kier alpha value is -1.78. The zero-order valence-electron chi connectivity index (χ0n) is 12.5. The number of carbonyl (C=O) groups excluding carboxylic acids is 1. The first-order chi connectivity index (χ1) is 9.40. The highest BCUT2D eigenvalue weighted by molar-refractivity contribution is 5.68. The number of likely N-dealkylation sites (tertiary alicyclic amines) is 1. The van der Waals surface area contributed by atoms with Crippen molar-refractivity contribution in [3.63, 3.8) is 0 Å². The average Bonchev–Trinajstić information content (AvgIpc) is 2.85. The van der Waals surface area contributed by atoms with Crippen LogP contribution >= 0.6 is 0 Å². The lowest BCUT2D eigenvalue weighted by molar-refractivity contribution is 0.0204. The molecular formula is C15H23N3O2. The van der Waals surface area contributed by atoms with Gasteiger partial charge in [-0.2, -0.15) is 5.10 Å². The van der Waals surface area contributed by atoms with Crippen LogP contribution in [0.3, 0.4) is 0 Å². The highest BCUT2D eigenvalue weighted by Gasteiger charge is 2.28. The van der Waals surface area contributed by atoms with Crippen LogP contribution in [0, 0.1) is 0 Å². The smallest absolute Gasteiger partial charge is 0.410 e. The van der Waals surface area contributed by atoms with Gasteiger partial charge in [-0.1, -0.05) is 12.7 Å². The summed E-state index contributed by atoms with van der Waals surface area (Å²) >= 11 is 0. The Labute approximate surface area is 120 Å². The fourth-order valence-electron chi connectivity index (χ4n) is 2.47. The number of piperidine rings is 1. The van der Waals surface area contributed by atoms with E-state index in [4.69, 9.17) is 4.74 Å². The minimum atomic E-state index is -0.437. The summed E-state index contributed by atoms with van der Waals surface area (Å²) in [6, 6.07) is 0. The van der Waals surface area contributed by atoms with Gasteiger partial charge >= 0.3 is 6.09 Å². The van der Waals surface area contributed by atoms with Gasteiger partial charge < -0.3 is 9.64 Å². The highest BCUT2D eigenvalue weighted by atomic mass is 16.6. The van der Waals surface area contributed by atoms with Crippen molar-refractivity contribution in [2.24, 2.45) is 0 Å². The van der Waals surface area contributed by atoms with Gasteiger partial charge in [0.2, 0.25) is 0 Å². The van der Waals surface area contributed by atoms with E-state index in [1.165, 1.54) is 0 Å². The first kappa shape index (κ1) is 14.6. The lowest BCUT2D eigenvalue weighted by Crippen LogP contribution is -2.41. The maximum atomic E-state index is 12.0. The zero-order chi connectivity index (χ0) is 14.8. The lowest BCUT2D eigenvalue weighted by Gasteiger charge is -2.33. The van der Waals surface area contributed by atoms with Gasteiger partial charge in [0.05, 0.1) is 6.20 Å². The molecular weight excluding hydrogens is 254 g/mol. The predicted molar refractivity (Wildman–Crippen MR) is 78.5 cm³/mol. The Morgan fingerprint density at radius 2 is 2.15 bits per heavy atom.